The first kappa shape index (κ1) is 26.1. The Balaban J connectivity index is 2.13. The van der Waals surface area contributed by atoms with E-state index >= 15 is 0 Å². The van der Waals surface area contributed by atoms with Crippen molar-refractivity contribution >= 4 is 21.5 Å². The lowest BCUT2D eigenvalue weighted by Crippen LogP contribution is -2.08. The van der Waals surface area contributed by atoms with Gasteiger partial charge in [0.2, 0.25) is 5.82 Å². The summed E-state index contributed by atoms with van der Waals surface area (Å²) in [5.41, 5.74) is -3.27. The summed E-state index contributed by atoms with van der Waals surface area (Å²) in [6.45, 7) is 0. The van der Waals surface area contributed by atoms with Gasteiger partial charge in [-0.2, -0.15) is 0 Å². The van der Waals surface area contributed by atoms with Gasteiger partial charge in [-0.25, -0.2) is 61.5 Å². The second-order valence-electron chi connectivity index (χ2n) is 7.23. The third-order valence-corrected chi connectivity index (χ3v) is 5.26. The van der Waals surface area contributed by atoms with E-state index in [1.807, 2.05) is 0 Å². The van der Waals surface area contributed by atoms with Crippen LogP contribution in [-0.4, -0.2) is 0 Å². The summed E-state index contributed by atoms with van der Waals surface area (Å²) in [4.78, 5) is 0. The normalized spacial score (nSPS) is 11.4. The summed E-state index contributed by atoms with van der Waals surface area (Å²) in [6, 6.07) is 0. The lowest BCUT2D eigenvalue weighted by atomic mass is 9.93. The molecule has 4 rings (SSSR count). The zero-order valence-electron chi connectivity index (χ0n) is 17.0. The van der Waals surface area contributed by atoms with Gasteiger partial charge in [0.05, 0.1) is 10.8 Å². The van der Waals surface area contributed by atoms with Gasteiger partial charge in [-0.1, -0.05) is 11.8 Å². The molecular formula is C23H2F14. The highest BCUT2D eigenvalue weighted by molar-refractivity contribution is 6.10. The van der Waals surface area contributed by atoms with Crippen molar-refractivity contribution in [2.45, 2.75) is 6.42 Å². The Bertz CT molecular complexity index is 1710. The van der Waals surface area contributed by atoms with E-state index in [9.17, 15) is 61.5 Å². The number of halogens is 14. The third kappa shape index (κ3) is 3.55. The van der Waals surface area contributed by atoms with Crippen LogP contribution in [0, 0.1) is 93.3 Å². The Labute approximate surface area is 194 Å². The van der Waals surface area contributed by atoms with Gasteiger partial charge >= 0.3 is 0 Å². The van der Waals surface area contributed by atoms with Crippen molar-refractivity contribution in [3.63, 3.8) is 0 Å². The average molecular weight is 544 g/mol. The van der Waals surface area contributed by atoms with Crippen molar-refractivity contribution in [1.82, 2.24) is 0 Å². The molecule has 0 radical (unpaired) electrons. The minimum atomic E-state index is -2.64. The highest BCUT2D eigenvalue weighted by Gasteiger charge is 2.32. The summed E-state index contributed by atoms with van der Waals surface area (Å²) in [6.07, 6.45) is -1.49. The minimum absolute atomic E-state index is 1.39. The first-order valence-electron chi connectivity index (χ1n) is 9.35. The fourth-order valence-corrected chi connectivity index (χ4v) is 3.58. The molecule has 0 heterocycles. The van der Waals surface area contributed by atoms with Crippen molar-refractivity contribution in [2.75, 3.05) is 0 Å². The van der Waals surface area contributed by atoms with E-state index in [-0.39, 0.29) is 0 Å². The van der Waals surface area contributed by atoms with Gasteiger partial charge in [0.15, 0.2) is 75.6 Å². The maximum atomic E-state index is 14.6. The van der Waals surface area contributed by atoms with E-state index in [1.54, 1.807) is 5.92 Å². The molecule has 0 spiro atoms. The molecule has 0 saturated carbocycles. The summed E-state index contributed by atoms with van der Waals surface area (Å²) in [7, 11) is 0. The Morgan fingerprint density at radius 3 is 1.14 bits per heavy atom. The lowest BCUT2D eigenvalue weighted by Gasteiger charge is -2.15. The molecule has 0 unspecified atom stereocenters. The van der Waals surface area contributed by atoms with Crippen molar-refractivity contribution < 1.29 is 61.5 Å². The van der Waals surface area contributed by atoms with Gasteiger partial charge in [-0.05, 0) is 0 Å². The Hall–Kier alpha value is -4.02. The number of benzene rings is 4. The van der Waals surface area contributed by atoms with Gasteiger partial charge in [-0.15, -0.1) is 0 Å². The molecule has 0 saturated heterocycles. The van der Waals surface area contributed by atoms with Gasteiger partial charge in [0.25, 0.3) is 0 Å². The number of hydrogen-bond donors (Lipinski definition) is 0. The van der Waals surface area contributed by atoms with Crippen LogP contribution in [-0.2, 0) is 6.42 Å². The molecule has 0 bridgehead atoms. The van der Waals surface area contributed by atoms with Crippen LogP contribution in [0.4, 0.5) is 61.5 Å². The molecule has 0 N–H and O–H groups in total. The van der Waals surface area contributed by atoms with Crippen LogP contribution < -0.4 is 0 Å². The molecule has 0 fully saturated rings. The van der Waals surface area contributed by atoms with Crippen LogP contribution in [0.15, 0.2) is 0 Å². The SMILES string of the molecule is Fc1c(F)c(F)c(C#CCc2c(F)c(F)c(F)c3c(F)c(F)c4c(F)c(F)c(F)c(F)c4c23)c(F)c1F. The summed E-state index contributed by atoms with van der Waals surface area (Å²) in [5.74, 6) is -32.1. The predicted octanol–water partition coefficient (Wildman–Crippen LogP) is 7.53. The number of rotatable bonds is 1. The van der Waals surface area contributed by atoms with Crippen LogP contribution in [0.25, 0.3) is 21.5 Å². The highest BCUT2D eigenvalue weighted by Crippen LogP contribution is 2.41. The lowest BCUT2D eigenvalue weighted by molar-refractivity contribution is 0.376. The fourth-order valence-electron chi connectivity index (χ4n) is 3.58. The maximum Gasteiger partial charge on any atom is 0.200 e. The second kappa shape index (κ2) is 8.82. The van der Waals surface area contributed by atoms with Crippen LogP contribution in [0.1, 0.15) is 11.1 Å². The standard InChI is InChI=1S/C23H2F14/c24-10-4(2-1-3-5-11(25)19(33)23(37)20(34)12(5)26)6-7-9(17(31)22(36)21(35)13(7)27)15(29)14(28)8(6)16(30)18(10)32/h2H2. The van der Waals surface area contributed by atoms with E-state index in [4.69, 9.17) is 0 Å². The molecule has 0 amide bonds. The van der Waals surface area contributed by atoms with Crippen molar-refractivity contribution in [3.8, 4) is 11.8 Å². The summed E-state index contributed by atoms with van der Waals surface area (Å²) in [5, 5.41) is -7.26. The molecule has 0 aromatic heterocycles. The maximum absolute atomic E-state index is 14.6. The molecule has 0 atom stereocenters. The van der Waals surface area contributed by atoms with E-state index in [1.165, 1.54) is 5.92 Å². The van der Waals surface area contributed by atoms with E-state index in [0.717, 1.165) is 0 Å². The monoisotopic (exact) mass is 544 g/mol. The summed E-state index contributed by atoms with van der Waals surface area (Å²) >= 11 is 0. The van der Waals surface area contributed by atoms with E-state index in [2.05, 4.69) is 0 Å². The largest absolute Gasteiger partial charge is 0.203 e. The van der Waals surface area contributed by atoms with Gasteiger partial charge in [0, 0.05) is 22.8 Å². The molecule has 14 heteroatoms. The first-order valence-corrected chi connectivity index (χ1v) is 9.35. The van der Waals surface area contributed by atoms with E-state index in [0.29, 0.717) is 0 Å². The third-order valence-electron chi connectivity index (χ3n) is 5.26. The molecule has 0 nitrogen and oxygen atoms in total. The zero-order valence-corrected chi connectivity index (χ0v) is 17.0. The molecule has 4 aromatic rings. The van der Waals surface area contributed by atoms with Gasteiger partial charge < -0.3 is 0 Å². The van der Waals surface area contributed by atoms with Crippen LogP contribution >= 0.6 is 0 Å². The molecular weight excluding hydrogens is 542 g/mol. The van der Waals surface area contributed by atoms with Crippen LogP contribution in [0.2, 0.25) is 0 Å². The predicted molar refractivity (Wildman–Crippen MR) is 97.9 cm³/mol. The smallest absolute Gasteiger partial charge is 0.200 e. The fraction of sp³-hybridized carbons (Fsp3) is 0.0435. The van der Waals surface area contributed by atoms with Gasteiger partial charge in [0.1, 0.15) is 5.56 Å². The number of hydrogen-bond acceptors (Lipinski definition) is 0. The molecule has 4 aromatic carbocycles. The quantitative estimate of drug-likeness (QED) is 0.0765. The van der Waals surface area contributed by atoms with Crippen LogP contribution in [0.5, 0.6) is 0 Å². The molecule has 0 aliphatic heterocycles. The molecule has 192 valence electrons. The highest BCUT2D eigenvalue weighted by atomic mass is 19.2. The van der Waals surface area contributed by atoms with Crippen molar-refractivity contribution in [1.29, 1.82) is 0 Å². The number of fused-ring (bicyclic) bond motifs is 3. The Morgan fingerprint density at radius 2 is 0.649 bits per heavy atom. The molecule has 37 heavy (non-hydrogen) atoms. The zero-order chi connectivity index (χ0) is 27.7. The molecule has 0 aliphatic rings. The average Bonchev–Trinajstić information content (AvgIpc) is 2.87. The Morgan fingerprint density at radius 1 is 0.324 bits per heavy atom. The van der Waals surface area contributed by atoms with Gasteiger partial charge in [-0.3, -0.25) is 0 Å². The van der Waals surface area contributed by atoms with E-state index < -0.39 is 121 Å². The minimum Gasteiger partial charge on any atom is -0.203 e. The van der Waals surface area contributed by atoms with Crippen molar-refractivity contribution in [2.24, 2.45) is 0 Å². The first-order chi connectivity index (χ1) is 17.2. The summed E-state index contributed by atoms with van der Waals surface area (Å²) < 4.78 is 196. The van der Waals surface area contributed by atoms with Crippen LogP contribution in [0.3, 0.4) is 0 Å². The Kier molecular flexibility index (Phi) is 6.21. The second-order valence-corrected chi connectivity index (χ2v) is 7.23. The molecule has 0 aliphatic carbocycles. The van der Waals surface area contributed by atoms with Crippen molar-refractivity contribution in [3.05, 3.63) is 92.6 Å². The topological polar surface area (TPSA) is 0 Å².